The van der Waals surface area contributed by atoms with Crippen molar-refractivity contribution in [1.82, 2.24) is 5.32 Å². The van der Waals surface area contributed by atoms with Crippen LogP contribution in [0.15, 0.2) is 24.3 Å². The molecule has 0 heterocycles. The van der Waals surface area contributed by atoms with Crippen LogP contribution in [0.25, 0.3) is 0 Å². The van der Waals surface area contributed by atoms with E-state index in [1.807, 2.05) is 11.8 Å². The molecule has 2 rings (SSSR count). The second kappa shape index (κ2) is 5.74. The molecule has 2 heteroatoms. The molecule has 0 spiro atoms. The Morgan fingerprint density at radius 2 is 1.94 bits per heavy atom. The monoisotopic (exact) mass is 235 g/mol. The fraction of sp³-hybridized carbons (Fsp3) is 0.571. The van der Waals surface area contributed by atoms with Crippen LogP contribution in [0.3, 0.4) is 0 Å². The largest absolute Gasteiger partial charge is 0.313 e. The van der Waals surface area contributed by atoms with Gasteiger partial charge in [0, 0.05) is 6.04 Å². The minimum atomic E-state index is 0.668. The molecule has 0 saturated heterocycles. The molecule has 0 aromatic heterocycles. The molecule has 1 aromatic carbocycles. The van der Waals surface area contributed by atoms with Gasteiger partial charge in [0.05, 0.1) is 0 Å². The Bertz CT molecular complexity index is 312. The summed E-state index contributed by atoms with van der Waals surface area (Å²) in [6.45, 7) is 3.48. The van der Waals surface area contributed by atoms with Gasteiger partial charge in [0.1, 0.15) is 0 Å². The summed E-state index contributed by atoms with van der Waals surface area (Å²) in [5.41, 5.74) is 3.08. The molecule has 0 amide bonds. The molecule has 1 unspecified atom stereocenters. The summed E-state index contributed by atoms with van der Waals surface area (Å²) in [5, 5.41) is 3.70. The number of thioether (sulfide) groups is 1. The van der Waals surface area contributed by atoms with E-state index in [1.165, 1.54) is 29.7 Å². The normalized spacial score (nSPS) is 17.4. The number of rotatable bonds is 5. The van der Waals surface area contributed by atoms with Crippen molar-refractivity contribution in [1.29, 1.82) is 0 Å². The molecule has 1 N–H and O–H groups in total. The Morgan fingerprint density at radius 1 is 1.31 bits per heavy atom. The lowest BCUT2D eigenvalue weighted by atomic mass is 10.1. The maximum absolute atomic E-state index is 3.70. The zero-order valence-corrected chi connectivity index (χ0v) is 11.0. The summed E-state index contributed by atoms with van der Waals surface area (Å²) in [6, 6.07) is 9.50. The van der Waals surface area contributed by atoms with Crippen LogP contribution in [-0.4, -0.2) is 24.6 Å². The highest BCUT2D eigenvalue weighted by Crippen LogP contribution is 2.21. The van der Waals surface area contributed by atoms with Gasteiger partial charge in [-0.15, -0.1) is 0 Å². The SMILES string of the molecule is CSCC(C)CNC1Cc2ccccc2C1. The first kappa shape index (κ1) is 12.0. The third kappa shape index (κ3) is 3.02. The predicted molar refractivity (Wildman–Crippen MR) is 73.2 cm³/mol. The fourth-order valence-corrected chi connectivity index (χ4v) is 3.10. The molecule has 0 bridgehead atoms. The summed E-state index contributed by atoms with van der Waals surface area (Å²) < 4.78 is 0. The van der Waals surface area contributed by atoms with E-state index in [4.69, 9.17) is 0 Å². The topological polar surface area (TPSA) is 12.0 Å². The van der Waals surface area contributed by atoms with Gasteiger partial charge >= 0.3 is 0 Å². The third-order valence-electron chi connectivity index (χ3n) is 3.26. The van der Waals surface area contributed by atoms with Crippen molar-refractivity contribution in [2.45, 2.75) is 25.8 Å². The van der Waals surface area contributed by atoms with Crippen LogP contribution in [0, 0.1) is 5.92 Å². The molecular formula is C14H21NS. The van der Waals surface area contributed by atoms with Crippen LogP contribution in [0.5, 0.6) is 0 Å². The van der Waals surface area contributed by atoms with Crippen LogP contribution < -0.4 is 5.32 Å². The van der Waals surface area contributed by atoms with Gasteiger partial charge in [0.25, 0.3) is 0 Å². The summed E-state index contributed by atoms with van der Waals surface area (Å²) in [6.07, 6.45) is 4.60. The summed E-state index contributed by atoms with van der Waals surface area (Å²) in [5.74, 6) is 2.03. The first-order chi connectivity index (χ1) is 7.79. The van der Waals surface area contributed by atoms with E-state index >= 15 is 0 Å². The maximum atomic E-state index is 3.70. The minimum absolute atomic E-state index is 0.668. The molecular weight excluding hydrogens is 214 g/mol. The highest BCUT2D eigenvalue weighted by molar-refractivity contribution is 7.98. The van der Waals surface area contributed by atoms with Crippen molar-refractivity contribution in [2.75, 3.05) is 18.6 Å². The average Bonchev–Trinajstić information content (AvgIpc) is 2.69. The molecule has 0 aliphatic heterocycles. The molecule has 0 fully saturated rings. The molecule has 1 aliphatic rings. The standard InChI is InChI=1S/C14H21NS/c1-11(10-16-2)9-15-14-7-12-5-3-4-6-13(12)8-14/h3-6,11,14-15H,7-10H2,1-2H3. The van der Waals surface area contributed by atoms with Crippen LogP contribution in [0.1, 0.15) is 18.1 Å². The molecule has 0 saturated carbocycles. The van der Waals surface area contributed by atoms with Crippen LogP contribution >= 0.6 is 11.8 Å². The number of hydrogen-bond acceptors (Lipinski definition) is 2. The zero-order valence-electron chi connectivity index (χ0n) is 10.2. The highest BCUT2D eigenvalue weighted by atomic mass is 32.2. The van der Waals surface area contributed by atoms with Crippen molar-refractivity contribution < 1.29 is 0 Å². The molecule has 0 radical (unpaired) electrons. The van der Waals surface area contributed by atoms with Gasteiger partial charge < -0.3 is 5.32 Å². The second-order valence-corrected chi connectivity index (χ2v) is 5.75. The van der Waals surface area contributed by atoms with Gasteiger partial charge in [0.2, 0.25) is 0 Å². The molecule has 1 aliphatic carbocycles. The van der Waals surface area contributed by atoms with E-state index in [0.29, 0.717) is 6.04 Å². The Labute approximate surface area is 103 Å². The average molecular weight is 235 g/mol. The second-order valence-electron chi connectivity index (χ2n) is 4.84. The first-order valence-electron chi connectivity index (χ1n) is 6.08. The van der Waals surface area contributed by atoms with E-state index < -0.39 is 0 Å². The Kier molecular flexibility index (Phi) is 4.30. The first-order valence-corrected chi connectivity index (χ1v) is 7.48. The predicted octanol–water partition coefficient (Wildman–Crippen LogP) is 2.74. The minimum Gasteiger partial charge on any atom is -0.313 e. The summed E-state index contributed by atoms with van der Waals surface area (Å²) >= 11 is 1.94. The van der Waals surface area contributed by atoms with Crippen molar-refractivity contribution in [3.05, 3.63) is 35.4 Å². The number of nitrogens with one attached hydrogen (secondary N) is 1. The lowest BCUT2D eigenvalue weighted by Gasteiger charge is -2.16. The number of fused-ring (bicyclic) bond motifs is 1. The molecule has 1 aromatic rings. The lowest BCUT2D eigenvalue weighted by molar-refractivity contribution is 0.478. The van der Waals surface area contributed by atoms with Gasteiger partial charge in [0.15, 0.2) is 0 Å². The maximum Gasteiger partial charge on any atom is 0.0148 e. The number of benzene rings is 1. The van der Waals surface area contributed by atoms with Gasteiger partial charge in [-0.05, 0) is 48.4 Å². The summed E-state index contributed by atoms with van der Waals surface area (Å²) in [4.78, 5) is 0. The zero-order chi connectivity index (χ0) is 11.4. The van der Waals surface area contributed by atoms with Gasteiger partial charge in [-0.3, -0.25) is 0 Å². The fourth-order valence-electron chi connectivity index (χ4n) is 2.41. The van der Waals surface area contributed by atoms with Gasteiger partial charge in [-0.1, -0.05) is 31.2 Å². The molecule has 16 heavy (non-hydrogen) atoms. The Hall–Kier alpha value is -0.470. The Morgan fingerprint density at radius 3 is 2.50 bits per heavy atom. The molecule has 1 nitrogen and oxygen atoms in total. The van der Waals surface area contributed by atoms with Crippen LogP contribution in [0.4, 0.5) is 0 Å². The van der Waals surface area contributed by atoms with Crippen LogP contribution in [0.2, 0.25) is 0 Å². The highest BCUT2D eigenvalue weighted by Gasteiger charge is 2.20. The third-order valence-corrected chi connectivity index (χ3v) is 4.16. The molecule has 1 atom stereocenters. The van der Waals surface area contributed by atoms with E-state index in [1.54, 1.807) is 0 Å². The van der Waals surface area contributed by atoms with Gasteiger partial charge in [-0.25, -0.2) is 0 Å². The van der Waals surface area contributed by atoms with Crippen LogP contribution in [-0.2, 0) is 12.8 Å². The lowest BCUT2D eigenvalue weighted by Crippen LogP contribution is -2.33. The quantitative estimate of drug-likeness (QED) is 0.842. The van der Waals surface area contributed by atoms with E-state index in [9.17, 15) is 0 Å². The van der Waals surface area contributed by atoms with E-state index in [-0.39, 0.29) is 0 Å². The smallest absolute Gasteiger partial charge is 0.0148 e. The van der Waals surface area contributed by atoms with Crippen molar-refractivity contribution >= 4 is 11.8 Å². The van der Waals surface area contributed by atoms with Gasteiger partial charge in [-0.2, -0.15) is 11.8 Å². The number of hydrogen-bond donors (Lipinski definition) is 1. The molecule has 88 valence electrons. The van der Waals surface area contributed by atoms with E-state index in [2.05, 4.69) is 42.8 Å². The van der Waals surface area contributed by atoms with Crippen molar-refractivity contribution in [3.8, 4) is 0 Å². The van der Waals surface area contributed by atoms with E-state index in [0.717, 1.165) is 12.5 Å². The van der Waals surface area contributed by atoms with Crippen molar-refractivity contribution in [2.24, 2.45) is 5.92 Å². The van der Waals surface area contributed by atoms with Crippen molar-refractivity contribution in [3.63, 3.8) is 0 Å². The summed E-state index contributed by atoms with van der Waals surface area (Å²) in [7, 11) is 0. The Balaban J connectivity index is 1.79.